The van der Waals surface area contributed by atoms with E-state index in [0.29, 0.717) is 12.8 Å². The summed E-state index contributed by atoms with van der Waals surface area (Å²) < 4.78 is 17.5. The lowest BCUT2D eigenvalue weighted by molar-refractivity contribution is -0.305. The van der Waals surface area contributed by atoms with Gasteiger partial charge in [-0.05, 0) is 44.9 Å². The van der Waals surface area contributed by atoms with Crippen LogP contribution < -0.4 is 5.32 Å². The van der Waals surface area contributed by atoms with Gasteiger partial charge in [0.2, 0.25) is 5.91 Å². The van der Waals surface area contributed by atoms with Crippen molar-refractivity contribution in [3.63, 3.8) is 0 Å². The minimum Gasteiger partial charge on any atom is -0.454 e. The molecule has 1 rings (SSSR count). The van der Waals surface area contributed by atoms with Gasteiger partial charge in [0.15, 0.2) is 12.4 Å². The molecule has 1 amide bonds. The smallest absolute Gasteiger partial charge is 0.306 e. The Morgan fingerprint density at radius 1 is 0.580 bits per heavy atom. The van der Waals surface area contributed by atoms with E-state index in [0.717, 1.165) is 64.2 Å². The molecule has 0 spiro atoms. The molecule has 11 nitrogen and oxygen atoms in total. The lowest BCUT2D eigenvalue weighted by atomic mass is 9.99. The number of hydrogen-bond acceptors (Lipinski definition) is 10. The molecule has 69 heavy (non-hydrogen) atoms. The number of carbonyl (C=O) groups is 2. The number of hydrogen-bond donors (Lipinski definition) is 6. The van der Waals surface area contributed by atoms with Crippen molar-refractivity contribution in [2.24, 2.45) is 0 Å². The van der Waals surface area contributed by atoms with E-state index in [1.54, 1.807) is 6.08 Å². The summed E-state index contributed by atoms with van der Waals surface area (Å²) in [6, 6.07) is -1.05. The zero-order valence-corrected chi connectivity index (χ0v) is 43.7. The number of unbranched alkanes of at least 4 members (excludes halogenated alkanes) is 25. The Bertz CT molecular complexity index is 1390. The van der Waals surface area contributed by atoms with Gasteiger partial charge in [0.1, 0.15) is 24.4 Å². The van der Waals surface area contributed by atoms with Crippen molar-refractivity contribution >= 4 is 11.9 Å². The van der Waals surface area contributed by atoms with Crippen molar-refractivity contribution < 1.29 is 49.3 Å². The standard InChI is InChI=1S/C58H101NO10/c1-4-7-10-13-16-19-22-25-28-30-33-36-39-42-45-51(62)57(66)59-49(50(61)44-41-38-35-32-29-26-23-20-17-14-11-8-5-2)48-67-58-56(55(65)54(64)52(47-60)68-58)69-53(63)46-43-40-37-34-31-27-24-21-18-15-12-9-6-3/h7,10,13,16,19,22,25,28,30,33,41,44,49-52,54-56,58,60-62,64-65H,4-6,8-9,11-12,14-15,17-18,20-21,23-24,26-27,29,31-32,34-40,42-43,45-48H2,1-3H3,(H,59,66)/b10-7+,16-13+,22-19-,28-25-,33-30+,44-41+. The molecule has 8 unspecified atom stereocenters. The highest BCUT2D eigenvalue weighted by atomic mass is 16.7. The summed E-state index contributed by atoms with van der Waals surface area (Å²) >= 11 is 0. The molecule has 0 bridgehead atoms. The first-order chi connectivity index (χ1) is 33.7. The molecular formula is C58H101NO10. The second kappa shape index (κ2) is 46.2. The van der Waals surface area contributed by atoms with Crippen LogP contribution in [0.25, 0.3) is 0 Å². The van der Waals surface area contributed by atoms with Crippen molar-refractivity contribution in [3.05, 3.63) is 72.9 Å². The van der Waals surface area contributed by atoms with Crippen LogP contribution in [-0.2, 0) is 23.8 Å². The number of nitrogens with one attached hydrogen (secondary N) is 1. The highest BCUT2D eigenvalue weighted by Gasteiger charge is 2.47. The van der Waals surface area contributed by atoms with E-state index in [2.05, 4.69) is 32.2 Å². The van der Waals surface area contributed by atoms with Crippen LogP contribution in [0, 0.1) is 0 Å². The zero-order valence-electron chi connectivity index (χ0n) is 43.7. The average Bonchev–Trinajstić information content (AvgIpc) is 3.34. The van der Waals surface area contributed by atoms with E-state index in [4.69, 9.17) is 14.2 Å². The Balaban J connectivity index is 2.80. The van der Waals surface area contributed by atoms with Gasteiger partial charge in [0.05, 0.1) is 25.4 Å². The van der Waals surface area contributed by atoms with Crippen molar-refractivity contribution in [1.29, 1.82) is 0 Å². The molecule has 6 N–H and O–H groups in total. The van der Waals surface area contributed by atoms with Gasteiger partial charge in [0, 0.05) is 6.42 Å². The Hall–Kier alpha value is -2.90. The first-order valence-electron chi connectivity index (χ1n) is 27.8. The fourth-order valence-electron chi connectivity index (χ4n) is 8.32. The predicted molar refractivity (Wildman–Crippen MR) is 283 cm³/mol. The summed E-state index contributed by atoms with van der Waals surface area (Å²) in [6.45, 7) is 5.59. The Morgan fingerprint density at radius 2 is 1.04 bits per heavy atom. The summed E-state index contributed by atoms with van der Waals surface area (Å²) in [7, 11) is 0. The number of carbonyl (C=O) groups excluding carboxylic acids is 2. The van der Waals surface area contributed by atoms with Gasteiger partial charge in [-0.1, -0.05) is 241 Å². The van der Waals surface area contributed by atoms with Crippen LogP contribution in [0.3, 0.4) is 0 Å². The van der Waals surface area contributed by atoms with Crippen LogP contribution >= 0.6 is 0 Å². The van der Waals surface area contributed by atoms with E-state index in [9.17, 15) is 35.1 Å². The number of aliphatic hydroxyl groups excluding tert-OH is 5. The first-order valence-corrected chi connectivity index (χ1v) is 27.8. The molecule has 0 radical (unpaired) electrons. The maximum Gasteiger partial charge on any atom is 0.306 e. The molecule has 398 valence electrons. The minimum absolute atomic E-state index is 0.118. The molecule has 0 aromatic heterocycles. The van der Waals surface area contributed by atoms with Crippen molar-refractivity contribution in [2.75, 3.05) is 13.2 Å². The first kappa shape index (κ1) is 64.1. The van der Waals surface area contributed by atoms with E-state index in [-0.39, 0.29) is 19.4 Å². The summed E-state index contributed by atoms with van der Waals surface area (Å²) in [5.74, 6) is -1.24. The van der Waals surface area contributed by atoms with Crippen LogP contribution in [-0.4, -0.2) is 99.6 Å². The highest BCUT2D eigenvalue weighted by Crippen LogP contribution is 2.26. The van der Waals surface area contributed by atoms with Crippen molar-refractivity contribution in [3.8, 4) is 0 Å². The molecule has 0 aliphatic carbocycles. The molecule has 1 saturated heterocycles. The third-order valence-electron chi connectivity index (χ3n) is 12.8. The lowest BCUT2D eigenvalue weighted by Crippen LogP contribution is -2.61. The van der Waals surface area contributed by atoms with Gasteiger partial charge >= 0.3 is 5.97 Å². The molecule has 0 aromatic rings. The van der Waals surface area contributed by atoms with E-state index >= 15 is 0 Å². The maximum absolute atomic E-state index is 13.3. The van der Waals surface area contributed by atoms with E-state index in [1.165, 1.54) is 109 Å². The molecule has 11 heteroatoms. The van der Waals surface area contributed by atoms with Crippen LogP contribution in [0.2, 0.25) is 0 Å². The largest absolute Gasteiger partial charge is 0.454 e. The van der Waals surface area contributed by atoms with Crippen molar-refractivity contribution in [2.45, 2.75) is 269 Å². The number of rotatable bonds is 45. The summed E-state index contributed by atoms with van der Waals surface area (Å²) in [5.41, 5.74) is 0. The number of allylic oxidation sites excluding steroid dienone is 11. The van der Waals surface area contributed by atoms with Crippen LogP contribution in [0.5, 0.6) is 0 Å². The molecule has 0 aromatic carbocycles. The fraction of sp³-hybridized carbons (Fsp3) is 0.759. The third kappa shape index (κ3) is 35.0. The van der Waals surface area contributed by atoms with Gasteiger partial charge in [-0.25, -0.2) is 0 Å². The zero-order chi connectivity index (χ0) is 50.4. The second-order valence-corrected chi connectivity index (χ2v) is 19.1. The maximum atomic E-state index is 13.3. The summed E-state index contributed by atoms with van der Waals surface area (Å²) in [4.78, 5) is 26.4. The molecular weight excluding hydrogens is 871 g/mol. The number of aliphatic hydroxyl groups is 5. The van der Waals surface area contributed by atoms with Crippen LogP contribution in [0.1, 0.15) is 220 Å². The fourth-order valence-corrected chi connectivity index (χ4v) is 8.32. The van der Waals surface area contributed by atoms with E-state index < -0.39 is 67.4 Å². The summed E-state index contributed by atoms with van der Waals surface area (Å²) in [5, 5.41) is 56.7. The Morgan fingerprint density at radius 3 is 1.57 bits per heavy atom. The third-order valence-corrected chi connectivity index (χ3v) is 12.8. The topological polar surface area (TPSA) is 175 Å². The second-order valence-electron chi connectivity index (χ2n) is 19.1. The van der Waals surface area contributed by atoms with Crippen molar-refractivity contribution in [1.82, 2.24) is 5.32 Å². The Kier molecular flexibility index (Phi) is 42.9. The van der Waals surface area contributed by atoms with E-state index in [1.807, 2.05) is 60.8 Å². The molecule has 1 aliphatic rings. The quantitative estimate of drug-likeness (QED) is 0.0149. The predicted octanol–water partition coefficient (Wildman–Crippen LogP) is 12.1. The number of ether oxygens (including phenoxy) is 3. The van der Waals surface area contributed by atoms with Gasteiger partial charge in [0.25, 0.3) is 0 Å². The van der Waals surface area contributed by atoms with Gasteiger partial charge < -0.3 is 45.1 Å². The normalized spacial score (nSPS) is 20.4. The van der Waals surface area contributed by atoms with Crippen LogP contribution in [0.15, 0.2) is 72.9 Å². The monoisotopic (exact) mass is 972 g/mol. The van der Waals surface area contributed by atoms with Crippen LogP contribution in [0.4, 0.5) is 0 Å². The van der Waals surface area contributed by atoms with Gasteiger partial charge in [-0.2, -0.15) is 0 Å². The lowest BCUT2D eigenvalue weighted by Gasteiger charge is -2.41. The highest BCUT2D eigenvalue weighted by molar-refractivity contribution is 5.80. The van der Waals surface area contributed by atoms with Gasteiger partial charge in [-0.15, -0.1) is 0 Å². The molecule has 1 fully saturated rings. The molecule has 1 heterocycles. The van der Waals surface area contributed by atoms with Gasteiger partial charge in [-0.3, -0.25) is 9.59 Å². The average molecular weight is 972 g/mol. The molecule has 8 atom stereocenters. The Labute approximate surface area is 420 Å². The number of esters is 1. The minimum atomic E-state index is -1.62. The summed E-state index contributed by atoms with van der Waals surface area (Å²) in [6.07, 6.45) is 46.6. The number of amides is 1. The molecule has 0 saturated carbocycles. The molecule has 1 aliphatic heterocycles. The SMILES string of the molecule is CC/C=C/C=C/C=C\C=C/C=C/CCCCC(O)C(=O)NC(COC1OC(CO)C(O)C(O)C1OC(=O)CCCCCCCCCCCCCCC)C(O)/C=C/CCCCCCCCCCCCC.